The van der Waals surface area contributed by atoms with E-state index in [-0.39, 0.29) is 66.3 Å². The van der Waals surface area contributed by atoms with E-state index in [1.807, 2.05) is 0 Å². The molecule has 0 spiro atoms. The van der Waals surface area contributed by atoms with Gasteiger partial charge >= 0.3 is 5.97 Å². The lowest BCUT2D eigenvalue weighted by molar-refractivity contribution is -0.141. The fraction of sp³-hybridized carbons (Fsp3) is 0.667. The zero-order valence-electron chi connectivity index (χ0n) is 14.1. The molecule has 2 aliphatic carbocycles. The molecule has 0 aromatic heterocycles. The van der Waals surface area contributed by atoms with Crippen molar-refractivity contribution in [1.29, 1.82) is 0 Å². The van der Waals surface area contributed by atoms with Gasteiger partial charge in [-0.2, -0.15) is 0 Å². The molecule has 0 aromatic carbocycles. The number of ether oxygens (including phenoxy) is 1. The predicted octanol–water partition coefficient (Wildman–Crippen LogP) is 1.34. The van der Waals surface area contributed by atoms with Crippen molar-refractivity contribution in [2.45, 2.75) is 33.1 Å². The molecule has 3 rings (SSSR count). The Labute approximate surface area is 141 Å². The van der Waals surface area contributed by atoms with Gasteiger partial charge in [0, 0.05) is 19.9 Å². The van der Waals surface area contributed by atoms with Gasteiger partial charge in [0.15, 0.2) is 0 Å². The number of carbonyl (C=O) groups excluding carboxylic acids is 4. The van der Waals surface area contributed by atoms with E-state index < -0.39 is 0 Å². The van der Waals surface area contributed by atoms with Crippen LogP contribution >= 0.6 is 0 Å². The molecule has 130 valence electrons. The number of likely N-dealkylation sites (tertiary alicyclic amines) is 1. The van der Waals surface area contributed by atoms with Crippen LogP contribution in [0.2, 0.25) is 0 Å². The molecule has 24 heavy (non-hydrogen) atoms. The van der Waals surface area contributed by atoms with Crippen molar-refractivity contribution in [3.63, 3.8) is 0 Å². The van der Waals surface area contributed by atoms with E-state index in [4.69, 9.17) is 4.74 Å². The van der Waals surface area contributed by atoms with Crippen LogP contribution in [0.4, 0.5) is 0 Å². The van der Waals surface area contributed by atoms with Gasteiger partial charge in [0.25, 0.3) is 0 Å². The fourth-order valence-corrected chi connectivity index (χ4v) is 4.85. The molecule has 1 saturated heterocycles. The van der Waals surface area contributed by atoms with Gasteiger partial charge in [-0.1, -0.05) is 6.08 Å². The molecule has 6 nitrogen and oxygen atoms in total. The van der Waals surface area contributed by atoms with Crippen molar-refractivity contribution < 1.29 is 23.9 Å². The maximum atomic E-state index is 12.7. The summed E-state index contributed by atoms with van der Waals surface area (Å²) in [4.78, 5) is 48.7. The Morgan fingerprint density at radius 2 is 1.83 bits per heavy atom. The van der Waals surface area contributed by atoms with Crippen LogP contribution in [0.15, 0.2) is 12.2 Å². The molecule has 5 atom stereocenters. The van der Waals surface area contributed by atoms with Gasteiger partial charge in [-0.3, -0.25) is 19.3 Å². The number of ketones is 1. The Morgan fingerprint density at radius 3 is 2.50 bits per heavy atom. The molecule has 0 aromatic rings. The number of carbonyl (C=O) groups is 4. The fourth-order valence-electron chi connectivity index (χ4n) is 4.85. The third-order valence-corrected chi connectivity index (χ3v) is 5.63. The summed E-state index contributed by atoms with van der Waals surface area (Å²) in [6.45, 7) is 3.29. The average molecular weight is 333 g/mol. The van der Waals surface area contributed by atoms with Gasteiger partial charge in [0.05, 0.1) is 11.8 Å². The minimum absolute atomic E-state index is 0.0732. The highest BCUT2D eigenvalue weighted by atomic mass is 16.5. The first-order valence-electron chi connectivity index (χ1n) is 8.53. The van der Waals surface area contributed by atoms with Crippen LogP contribution in [0, 0.1) is 29.6 Å². The normalized spacial score (nSPS) is 34.2. The van der Waals surface area contributed by atoms with E-state index in [1.54, 1.807) is 19.1 Å². The average Bonchev–Trinajstić information content (AvgIpc) is 3.12. The Morgan fingerprint density at radius 1 is 1.12 bits per heavy atom. The molecule has 0 radical (unpaired) electrons. The van der Waals surface area contributed by atoms with E-state index in [0.717, 1.165) is 12.8 Å². The molecule has 2 saturated carbocycles. The molecular weight excluding hydrogens is 310 g/mol. The smallest absolute Gasteiger partial charge is 0.302 e. The Kier molecular flexibility index (Phi) is 4.56. The largest absolute Gasteiger partial charge is 0.462 e. The predicted molar refractivity (Wildman–Crippen MR) is 84.5 cm³/mol. The summed E-state index contributed by atoms with van der Waals surface area (Å²) < 4.78 is 4.78. The molecule has 3 aliphatic rings. The Bertz CT molecular complexity index is 611. The highest BCUT2D eigenvalue weighted by Gasteiger charge is 2.63. The molecule has 5 unspecified atom stereocenters. The minimum atomic E-state index is -0.365. The highest BCUT2D eigenvalue weighted by molar-refractivity contribution is 6.06. The number of rotatable bonds is 6. The molecule has 1 aliphatic heterocycles. The van der Waals surface area contributed by atoms with Crippen LogP contribution in [0.3, 0.4) is 0 Å². The number of fused-ring (bicyclic) bond motifs is 5. The summed E-state index contributed by atoms with van der Waals surface area (Å²) in [5, 5.41) is 0. The number of hydrogen-bond acceptors (Lipinski definition) is 5. The van der Waals surface area contributed by atoms with Gasteiger partial charge in [0.2, 0.25) is 11.8 Å². The van der Waals surface area contributed by atoms with Crippen molar-refractivity contribution in [3.8, 4) is 0 Å². The third kappa shape index (κ3) is 2.89. The van der Waals surface area contributed by atoms with Crippen molar-refractivity contribution in [2.75, 3.05) is 13.2 Å². The first-order valence-corrected chi connectivity index (χ1v) is 8.53. The number of nitrogens with zero attached hydrogens (tertiary/aromatic N) is 1. The summed E-state index contributed by atoms with van der Waals surface area (Å²) in [5.41, 5.74) is 0. The molecule has 2 bridgehead atoms. The van der Waals surface area contributed by atoms with Gasteiger partial charge in [-0.05, 0) is 43.6 Å². The molecule has 0 N–H and O–H groups in total. The minimum Gasteiger partial charge on any atom is -0.462 e. The SMILES string of the molecule is CC(=O)CC1CC2CC1C1C(=O)N(C/C=C\COC(C)=O)C(=O)C21. The van der Waals surface area contributed by atoms with Crippen LogP contribution < -0.4 is 0 Å². The standard InChI is InChI=1S/C18H23NO5/c1-10(20)7-12-8-13-9-14(12)16-15(13)17(22)19(18(16)23)5-3-4-6-24-11(2)21/h3-4,12-16H,5-9H2,1-2H3/b4-3-. The summed E-state index contributed by atoms with van der Waals surface area (Å²) in [6.07, 6.45) is 5.65. The van der Waals surface area contributed by atoms with E-state index >= 15 is 0 Å². The van der Waals surface area contributed by atoms with Crippen LogP contribution in [-0.2, 0) is 23.9 Å². The third-order valence-electron chi connectivity index (χ3n) is 5.63. The van der Waals surface area contributed by atoms with Gasteiger partial charge < -0.3 is 9.53 Å². The second kappa shape index (κ2) is 6.49. The van der Waals surface area contributed by atoms with Crippen LogP contribution in [0.25, 0.3) is 0 Å². The van der Waals surface area contributed by atoms with Crippen LogP contribution in [-0.4, -0.2) is 41.6 Å². The first-order chi connectivity index (χ1) is 11.4. The quantitative estimate of drug-likeness (QED) is 0.416. The Hall–Kier alpha value is -1.98. The van der Waals surface area contributed by atoms with Gasteiger partial charge in [0.1, 0.15) is 12.4 Å². The summed E-state index contributed by atoms with van der Waals surface area (Å²) in [7, 11) is 0. The number of imide groups is 1. The lowest BCUT2D eigenvalue weighted by Crippen LogP contribution is -2.33. The van der Waals surface area contributed by atoms with E-state index in [9.17, 15) is 19.2 Å². The molecule has 1 heterocycles. The van der Waals surface area contributed by atoms with Gasteiger partial charge in [-0.15, -0.1) is 0 Å². The van der Waals surface area contributed by atoms with Crippen LogP contribution in [0.1, 0.15) is 33.1 Å². The number of hydrogen-bond donors (Lipinski definition) is 0. The summed E-state index contributed by atoms with van der Waals surface area (Å²) >= 11 is 0. The number of Topliss-reactive ketones (excluding diaryl/α,β-unsaturated/α-hetero) is 1. The summed E-state index contributed by atoms with van der Waals surface area (Å²) in [6, 6.07) is 0. The van der Waals surface area contributed by atoms with E-state index in [2.05, 4.69) is 0 Å². The zero-order chi connectivity index (χ0) is 17.4. The van der Waals surface area contributed by atoms with Gasteiger partial charge in [-0.25, -0.2) is 0 Å². The highest BCUT2D eigenvalue weighted by Crippen LogP contribution is 2.59. The lowest BCUT2D eigenvalue weighted by Gasteiger charge is -2.27. The van der Waals surface area contributed by atoms with Crippen LogP contribution in [0.5, 0.6) is 0 Å². The Balaban J connectivity index is 1.63. The van der Waals surface area contributed by atoms with Crippen molar-refractivity contribution in [3.05, 3.63) is 12.2 Å². The maximum absolute atomic E-state index is 12.7. The first kappa shape index (κ1) is 16.9. The molecule has 2 amide bonds. The second-order valence-corrected chi connectivity index (χ2v) is 7.17. The van der Waals surface area contributed by atoms with Crippen molar-refractivity contribution in [2.24, 2.45) is 29.6 Å². The molecule has 3 fully saturated rings. The van der Waals surface area contributed by atoms with E-state index in [0.29, 0.717) is 6.42 Å². The van der Waals surface area contributed by atoms with Crippen molar-refractivity contribution in [1.82, 2.24) is 4.90 Å². The van der Waals surface area contributed by atoms with Crippen molar-refractivity contribution >= 4 is 23.6 Å². The molecular formula is C18H23NO5. The number of esters is 1. The monoisotopic (exact) mass is 333 g/mol. The topological polar surface area (TPSA) is 80.8 Å². The second-order valence-electron chi connectivity index (χ2n) is 7.17. The lowest BCUT2D eigenvalue weighted by atomic mass is 9.73. The maximum Gasteiger partial charge on any atom is 0.302 e. The molecule has 6 heteroatoms. The van der Waals surface area contributed by atoms with E-state index in [1.165, 1.54) is 11.8 Å². The summed E-state index contributed by atoms with van der Waals surface area (Å²) in [5.74, 6) is -0.119. The number of amides is 2. The zero-order valence-corrected chi connectivity index (χ0v) is 14.1.